The van der Waals surface area contributed by atoms with E-state index in [9.17, 15) is 0 Å². The van der Waals surface area contributed by atoms with E-state index >= 15 is 0 Å². The van der Waals surface area contributed by atoms with Gasteiger partial charge in [0.25, 0.3) is 0 Å². The van der Waals surface area contributed by atoms with Crippen molar-refractivity contribution in [1.29, 1.82) is 0 Å². The largest absolute Gasteiger partial charge is 0.271 e. The Morgan fingerprint density at radius 1 is 1.26 bits per heavy atom. The van der Waals surface area contributed by atoms with Crippen LogP contribution in [0.3, 0.4) is 0 Å². The summed E-state index contributed by atoms with van der Waals surface area (Å²) in [5.74, 6) is 5.85. The first-order valence-electron chi connectivity index (χ1n) is 7.26. The van der Waals surface area contributed by atoms with Crippen molar-refractivity contribution in [2.75, 3.05) is 0 Å². The summed E-state index contributed by atoms with van der Waals surface area (Å²) in [5.41, 5.74) is 5.76. The fraction of sp³-hybridized carbons (Fsp3) is 0.529. The molecule has 1 aromatic rings. The zero-order valence-electron chi connectivity index (χ0n) is 12.6. The van der Waals surface area contributed by atoms with Crippen LogP contribution in [0, 0.1) is 0 Å². The highest BCUT2D eigenvalue weighted by Crippen LogP contribution is 2.37. The number of allylic oxidation sites excluding steroid dienone is 1. The Morgan fingerprint density at radius 3 is 2.26 bits per heavy atom. The van der Waals surface area contributed by atoms with E-state index in [0.717, 1.165) is 25.7 Å². The summed E-state index contributed by atoms with van der Waals surface area (Å²) >= 11 is 0. The van der Waals surface area contributed by atoms with E-state index in [1.165, 1.54) is 11.1 Å². The van der Waals surface area contributed by atoms with E-state index in [-0.39, 0.29) is 11.5 Å². The molecular formula is C17H28N2. The lowest BCUT2D eigenvalue weighted by atomic mass is 9.69. The zero-order valence-corrected chi connectivity index (χ0v) is 12.6. The van der Waals surface area contributed by atoms with Crippen molar-refractivity contribution >= 4 is 0 Å². The third kappa shape index (κ3) is 3.68. The predicted octanol–water partition coefficient (Wildman–Crippen LogP) is 3.93. The van der Waals surface area contributed by atoms with Crippen LogP contribution in [0.2, 0.25) is 0 Å². The van der Waals surface area contributed by atoms with E-state index in [2.05, 4.69) is 63.1 Å². The maximum absolute atomic E-state index is 5.85. The van der Waals surface area contributed by atoms with Gasteiger partial charge in [-0.2, -0.15) is 0 Å². The van der Waals surface area contributed by atoms with Gasteiger partial charge in [-0.1, -0.05) is 49.8 Å². The smallest absolute Gasteiger partial charge is 0.0310 e. The summed E-state index contributed by atoms with van der Waals surface area (Å²) < 4.78 is 0. The number of hydrogen-bond donors (Lipinski definition) is 2. The quantitative estimate of drug-likeness (QED) is 0.422. The molecule has 0 amide bonds. The third-order valence-electron chi connectivity index (χ3n) is 4.34. The van der Waals surface area contributed by atoms with Gasteiger partial charge in [-0.25, -0.2) is 0 Å². The van der Waals surface area contributed by atoms with Crippen molar-refractivity contribution in [1.82, 2.24) is 5.43 Å². The summed E-state index contributed by atoms with van der Waals surface area (Å²) in [4.78, 5) is 0. The fourth-order valence-electron chi connectivity index (χ4n) is 3.03. The summed E-state index contributed by atoms with van der Waals surface area (Å²) in [6.07, 6.45) is 4.21. The lowest BCUT2D eigenvalue weighted by Crippen LogP contribution is -2.50. The lowest BCUT2D eigenvalue weighted by molar-refractivity contribution is 0.260. The number of nitrogens with one attached hydrogen (secondary N) is 1. The van der Waals surface area contributed by atoms with Crippen LogP contribution >= 0.6 is 0 Å². The molecule has 0 saturated heterocycles. The van der Waals surface area contributed by atoms with Gasteiger partial charge in [0.1, 0.15) is 0 Å². The molecule has 19 heavy (non-hydrogen) atoms. The van der Waals surface area contributed by atoms with Crippen LogP contribution in [0.15, 0.2) is 42.5 Å². The third-order valence-corrected chi connectivity index (χ3v) is 4.34. The molecule has 0 saturated carbocycles. The molecule has 0 aromatic heterocycles. The number of rotatable bonds is 8. The summed E-state index contributed by atoms with van der Waals surface area (Å²) in [5, 5.41) is 0. The molecule has 0 heterocycles. The number of benzene rings is 1. The first-order chi connectivity index (χ1) is 9.10. The summed E-state index contributed by atoms with van der Waals surface area (Å²) in [7, 11) is 0. The number of hydrazine groups is 1. The second kappa shape index (κ2) is 7.46. The molecule has 2 nitrogen and oxygen atoms in total. The Labute approximate surface area is 118 Å². The molecule has 106 valence electrons. The second-order valence-corrected chi connectivity index (χ2v) is 5.44. The van der Waals surface area contributed by atoms with Gasteiger partial charge >= 0.3 is 0 Å². The molecule has 0 aliphatic rings. The molecule has 0 aliphatic carbocycles. The predicted molar refractivity (Wildman–Crippen MR) is 83.9 cm³/mol. The van der Waals surface area contributed by atoms with Crippen LogP contribution in [0.25, 0.3) is 0 Å². The molecule has 0 radical (unpaired) electrons. The van der Waals surface area contributed by atoms with E-state index < -0.39 is 0 Å². The van der Waals surface area contributed by atoms with Gasteiger partial charge in [0, 0.05) is 11.5 Å². The lowest BCUT2D eigenvalue weighted by Gasteiger charge is -2.40. The Kier molecular flexibility index (Phi) is 6.26. The van der Waals surface area contributed by atoms with Gasteiger partial charge in [0.15, 0.2) is 0 Å². The summed E-state index contributed by atoms with van der Waals surface area (Å²) in [6, 6.07) is 11.0. The monoisotopic (exact) mass is 260 g/mol. The molecule has 1 atom stereocenters. The number of hydrogen-bond acceptors (Lipinski definition) is 2. The van der Waals surface area contributed by atoms with Gasteiger partial charge in [0.05, 0.1) is 0 Å². The van der Waals surface area contributed by atoms with Crippen molar-refractivity contribution in [3.63, 3.8) is 0 Å². The molecule has 1 rings (SSSR count). The Balaban J connectivity index is 3.05. The van der Waals surface area contributed by atoms with E-state index in [0.29, 0.717) is 0 Å². The highest BCUT2D eigenvalue weighted by atomic mass is 15.2. The van der Waals surface area contributed by atoms with Crippen LogP contribution in [0.5, 0.6) is 0 Å². The van der Waals surface area contributed by atoms with Gasteiger partial charge in [-0.05, 0) is 38.2 Å². The van der Waals surface area contributed by atoms with Crippen LogP contribution in [0.4, 0.5) is 0 Å². The van der Waals surface area contributed by atoms with Crippen molar-refractivity contribution in [3.8, 4) is 0 Å². The maximum Gasteiger partial charge on any atom is 0.0310 e. The molecule has 3 N–H and O–H groups in total. The van der Waals surface area contributed by atoms with Gasteiger partial charge in [-0.3, -0.25) is 11.3 Å². The molecular weight excluding hydrogens is 232 g/mol. The van der Waals surface area contributed by atoms with E-state index in [4.69, 9.17) is 5.84 Å². The highest BCUT2D eigenvalue weighted by molar-refractivity contribution is 5.27. The van der Waals surface area contributed by atoms with E-state index in [1.54, 1.807) is 0 Å². The molecule has 0 spiro atoms. The van der Waals surface area contributed by atoms with Gasteiger partial charge in [0.2, 0.25) is 0 Å². The molecule has 1 aromatic carbocycles. The highest BCUT2D eigenvalue weighted by Gasteiger charge is 2.36. The molecule has 0 fully saturated rings. The first-order valence-corrected chi connectivity index (χ1v) is 7.26. The minimum Gasteiger partial charge on any atom is -0.271 e. The van der Waals surface area contributed by atoms with E-state index in [1.807, 2.05) is 0 Å². The minimum atomic E-state index is 0.103. The first kappa shape index (κ1) is 15.9. The van der Waals surface area contributed by atoms with Crippen LogP contribution in [-0.4, -0.2) is 6.04 Å². The van der Waals surface area contributed by atoms with Crippen LogP contribution in [-0.2, 0) is 5.41 Å². The normalized spacial score (nSPS) is 13.3. The molecule has 1 unspecified atom stereocenters. The fourth-order valence-corrected chi connectivity index (χ4v) is 3.03. The molecule has 0 aliphatic heterocycles. The summed E-state index contributed by atoms with van der Waals surface area (Å²) in [6.45, 7) is 10.6. The van der Waals surface area contributed by atoms with Crippen LogP contribution < -0.4 is 11.3 Å². The molecule has 2 heteroatoms. The van der Waals surface area contributed by atoms with Gasteiger partial charge in [-0.15, -0.1) is 6.58 Å². The minimum absolute atomic E-state index is 0.103. The second-order valence-electron chi connectivity index (χ2n) is 5.44. The van der Waals surface area contributed by atoms with Crippen molar-refractivity contribution in [2.24, 2.45) is 5.84 Å². The average molecular weight is 260 g/mol. The maximum atomic E-state index is 5.85. The van der Waals surface area contributed by atoms with Crippen molar-refractivity contribution < 1.29 is 0 Å². The van der Waals surface area contributed by atoms with Crippen molar-refractivity contribution in [2.45, 2.75) is 57.9 Å². The zero-order chi connectivity index (χ0) is 14.3. The Hall–Kier alpha value is -1.12. The van der Waals surface area contributed by atoms with Gasteiger partial charge < -0.3 is 0 Å². The molecule has 0 bridgehead atoms. The van der Waals surface area contributed by atoms with Crippen molar-refractivity contribution in [3.05, 3.63) is 48.0 Å². The topological polar surface area (TPSA) is 38.0 Å². The Morgan fingerprint density at radius 2 is 1.84 bits per heavy atom. The SMILES string of the molecule is C=C(C)CCC(NN)C(CC)(CC)c1ccccc1. The average Bonchev–Trinajstić information content (AvgIpc) is 2.44. The number of nitrogens with two attached hydrogens (primary N) is 1. The van der Waals surface area contributed by atoms with Crippen LogP contribution in [0.1, 0.15) is 52.0 Å². The Bertz CT molecular complexity index is 380. The standard InChI is InChI=1S/C17H28N2/c1-5-17(6-2,15-10-8-7-9-11-15)16(19-18)13-12-14(3)4/h7-11,16,19H,3,5-6,12-13,18H2,1-2,4H3.